The predicted octanol–water partition coefficient (Wildman–Crippen LogP) is 4.41. The van der Waals surface area contributed by atoms with E-state index in [4.69, 9.17) is 16.3 Å². The van der Waals surface area contributed by atoms with Crippen LogP contribution in [0.25, 0.3) is 0 Å². The van der Waals surface area contributed by atoms with E-state index in [1.165, 1.54) is 42.5 Å². The normalized spacial score (nSPS) is 13.4. The second-order valence-electron chi connectivity index (χ2n) is 5.32. The number of halogens is 2. The zero-order valence-electron chi connectivity index (χ0n) is 13.0. The molecule has 4 nitrogen and oxygen atoms in total. The monoisotopic (exact) mass is 357 g/mol. The molecule has 0 heterocycles. The second kappa shape index (κ2) is 7.32. The molecule has 2 aromatic rings. The summed E-state index contributed by atoms with van der Waals surface area (Å²) in [6, 6.07) is 9.98. The van der Waals surface area contributed by atoms with Gasteiger partial charge in [0.1, 0.15) is 17.3 Å². The first kappa shape index (κ1) is 16.9. The third-order valence-electron chi connectivity index (χ3n) is 3.42. The Balaban J connectivity index is 1.85. The molecule has 1 aliphatic rings. The van der Waals surface area contributed by atoms with Crippen molar-refractivity contribution in [2.75, 3.05) is 0 Å². The molecule has 0 saturated carbocycles. The van der Waals surface area contributed by atoms with Crippen molar-refractivity contribution in [2.45, 2.75) is 6.42 Å². The van der Waals surface area contributed by atoms with Gasteiger partial charge in [-0.2, -0.15) is 0 Å². The highest BCUT2D eigenvalue weighted by molar-refractivity contribution is 6.30. The number of hydrogen-bond acceptors (Lipinski definition) is 3. The maximum absolute atomic E-state index is 13.0. The fourth-order valence-corrected chi connectivity index (χ4v) is 2.42. The number of amides is 1. The van der Waals surface area contributed by atoms with Gasteiger partial charge in [-0.1, -0.05) is 17.7 Å². The lowest BCUT2D eigenvalue weighted by atomic mass is 10.1. The van der Waals surface area contributed by atoms with E-state index in [-0.39, 0.29) is 17.1 Å². The fraction of sp³-hybridized carbons (Fsp3) is 0.0526. The van der Waals surface area contributed by atoms with Crippen LogP contribution in [-0.2, 0) is 4.79 Å². The number of ketones is 1. The molecule has 25 heavy (non-hydrogen) atoms. The molecular formula is C19H13ClFNO3. The van der Waals surface area contributed by atoms with E-state index in [0.717, 1.165) is 0 Å². The quantitative estimate of drug-likeness (QED) is 0.881. The highest BCUT2D eigenvalue weighted by Gasteiger charge is 2.16. The summed E-state index contributed by atoms with van der Waals surface area (Å²) in [4.78, 5) is 23.9. The van der Waals surface area contributed by atoms with E-state index >= 15 is 0 Å². The van der Waals surface area contributed by atoms with Crippen molar-refractivity contribution < 1.29 is 18.7 Å². The smallest absolute Gasteiger partial charge is 0.259 e. The van der Waals surface area contributed by atoms with Crippen molar-refractivity contribution in [1.29, 1.82) is 0 Å². The van der Waals surface area contributed by atoms with E-state index in [2.05, 4.69) is 5.32 Å². The lowest BCUT2D eigenvalue weighted by Gasteiger charge is -2.13. The third-order valence-corrected chi connectivity index (χ3v) is 3.66. The number of rotatable bonds is 4. The summed E-state index contributed by atoms with van der Waals surface area (Å²) in [5.41, 5.74) is 0.643. The zero-order valence-corrected chi connectivity index (χ0v) is 13.7. The van der Waals surface area contributed by atoms with Crippen LogP contribution in [0.2, 0.25) is 5.02 Å². The Morgan fingerprint density at radius 3 is 2.64 bits per heavy atom. The minimum Gasteiger partial charge on any atom is -0.456 e. The summed E-state index contributed by atoms with van der Waals surface area (Å²) < 4.78 is 18.7. The van der Waals surface area contributed by atoms with Crippen LogP contribution in [0.5, 0.6) is 11.5 Å². The molecule has 0 spiro atoms. The number of carbonyl (C=O) groups is 2. The molecule has 0 bridgehead atoms. The topological polar surface area (TPSA) is 55.4 Å². The summed E-state index contributed by atoms with van der Waals surface area (Å²) in [7, 11) is 0. The second-order valence-corrected chi connectivity index (χ2v) is 5.76. The zero-order chi connectivity index (χ0) is 17.8. The number of benzene rings is 2. The lowest BCUT2D eigenvalue weighted by Crippen LogP contribution is -2.24. The Morgan fingerprint density at radius 1 is 1.16 bits per heavy atom. The maximum atomic E-state index is 13.0. The number of carbonyl (C=O) groups excluding carboxylic acids is 2. The molecule has 0 unspecified atom stereocenters. The van der Waals surface area contributed by atoms with Crippen LogP contribution in [0.15, 0.2) is 66.4 Å². The first-order valence-corrected chi connectivity index (χ1v) is 7.84. The highest BCUT2D eigenvalue weighted by Crippen LogP contribution is 2.29. The van der Waals surface area contributed by atoms with Crippen molar-refractivity contribution in [3.8, 4) is 11.5 Å². The Labute approximate surface area is 148 Å². The van der Waals surface area contributed by atoms with Crippen molar-refractivity contribution in [2.24, 2.45) is 0 Å². The maximum Gasteiger partial charge on any atom is 0.259 e. The standard InChI is InChI=1S/C19H13ClFNO3/c20-12-4-9-17(19(24)22-14-2-1-3-15(23)11-14)18(10-12)25-16-7-5-13(21)6-8-16/h1-2,4-11H,3H2,(H,22,24). The largest absolute Gasteiger partial charge is 0.456 e. The van der Waals surface area contributed by atoms with Gasteiger partial charge in [0.15, 0.2) is 5.78 Å². The molecule has 1 aliphatic carbocycles. The van der Waals surface area contributed by atoms with Gasteiger partial charge in [0.25, 0.3) is 5.91 Å². The number of ether oxygens (including phenoxy) is 1. The average molecular weight is 358 g/mol. The lowest BCUT2D eigenvalue weighted by molar-refractivity contribution is -0.113. The molecule has 0 fully saturated rings. The van der Waals surface area contributed by atoms with Crippen molar-refractivity contribution in [3.05, 3.63) is 82.8 Å². The molecule has 0 aromatic heterocycles. The molecule has 1 amide bonds. The Hall–Kier alpha value is -2.92. The first-order chi connectivity index (χ1) is 12.0. The molecule has 0 atom stereocenters. The van der Waals surface area contributed by atoms with E-state index < -0.39 is 11.7 Å². The van der Waals surface area contributed by atoms with Crippen LogP contribution in [0, 0.1) is 5.82 Å². The van der Waals surface area contributed by atoms with Gasteiger partial charge in [0, 0.05) is 29.3 Å². The summed E-state index contributed by atoms with van der Waals surface area (Å²) in [6.07, 6.45) is 5.03. The SMILES string of the molecule is O=C1C=C(NC(=O)c2ccc(Cl)cc2Oc2ccc(F)cc2)C=CC1. The Morgan fingerprint density at radius 2 is 1.92 bits per heavy atom. The molecule has 0 radical (unpaired) electrons. The Kier molecular flexibility index (Phi) is 4.95. The summed E-state index contributed by atoms with van der Waals surface area (Å²) in [5.74, 6) is -0.332. The van der Waals surface area contributed by atoms with Gasteiger partial charge in [-0.3, -0.25) is 9.59 Å². The summed E-state index contributed by atoms with van der Waals surface area (Å²) in [6.45, 7) is 0. The molecular weight excluding hydrogens is 345 g/mol. The van der Waals surface area contributed by atoms with Crippen LogP contribution in [0.3, 0.4) is 0 Å². The van der Waals surface area contributed by atoms with Gasteiger partial charge in [0.05, 0.1) is 5.56 Å². The Bertz CT molecular complexity index is 888. The minimum absolute atomic E-state index is 0.0864. The molecule has 2 aromatic carbocycles. The van der Waals surface area contributed by atoms with Crippen LogP contribution >= 0.6 is 11.6 Å². The number of allylic oxidation sites excluding steroid dienone is 3. The minimum atomic E-state index is -0.445. The van der Waals surface area contributed by atoms with Crippen LogP contribution in [0.4, 0.5) is 4.39 Å². The first-order valence-electron chi connectivity index (χ1n) is 7.47. The van der Waals surface area contributed by atoms with E-state index in [0.29, 0.717) is 22.9 Å². The van der Waals surface area contributed by atoms with Crippen LogP contribution < -0.4 is 10.1 Å². The summed E-state index contributed by atoms with van der Waals surface area (Å²) in [5, 5.41) is 3.04. The number of hydrogen-bond donors (Lipinski definition) is 1. The van der Waals surface area contributed by atoms with E-state index in [9.17, 15) is 14.0 Å². The van der Waals surface area contributed by atoms with Crippen molar-refractivity contribution in [1.82, 2.24) is 5.32 Å². The molecule has 0 aliphatic heterocycles. The third kappa shape index (κ3) is 4.33. The predicted molar refractivity (Wildman–Crippen MR) is 92.2 cm³/mol. The van der Waals surface area contributed by atoms with Gasteiger partial charge in [-0.15, -0.1) is 0 Å². The number of nitrogens with one attached hydrogen (secondary N) is 1. The summed E-state index contributed by atoms with van der Waals surface area (Å²) >= 11 is 5.99. The van der Waals surface area contributed by atoms with Crippen molar-refractivity contribution >= 4 is 23.3 Å². The molecule has 126 valence electrons. The van der Waals surface area contributed by atoms with Gasteiger partial charge in [0.2, 0.25) is 0 Å². The highest BCUT2D eigenvalue weighted by atomic mass is 35.5. The molecule has 6 heteroatoms. The van der Waals surface area contributed by atoms with Gasteiger partial charge < -0.3 is 10.1 Å². The van der Waals surface area contributed by atoms with Gasteiger partial charge in [-0.25, -0.2) is 4.39 Å². The van der Waals surface area contributed by atoms with Gasteiger partial charge in [-0.05, 0) is 42.5 Å². The van der Waals surface area contributed by atoms with Gasteiger partial charge >= 0.3 is 0 Å². The van der Waals surface area contributed by atoms with E-state index in [1.807, 2.05) is 0 Å². The molecule has 0 saturated heterocycles. The fourth-order valence-electron chi connectivity index (χ4n) is 2.26. The van der Waals surface area contributed by atoms with E-state index in [1.54, 1.807) is 18.2 Å². The van der Waals surface area contributed by atoms with Crippen LogP contribution in [0.1, 0.15) is 16.8 Å². The van der Waals surface area contributed by atoms with Crippen molar-refractivity contribution in [3.63, 3.8) is 0 Å². The molecule has 3 rings (SSSR count). The molecule has 1 N–H and O–H groups in total. The average Bonchev–Trinajstić information content (AvgIpc) is 2.57. The van der Waals surface area contributed by atoms with Crippen LogP contribution in [-0.4, -0.2) is 11.7 Å².